The number of benzene rings is 1. The van der Waals surface area contributed by atoms with Crippen molar-refractivity contribution in [2.24, 2.45) is 0 Å². The molecule has 1 fully saturated rings. The summed E-state index contributed by atoms with van der Waals surface area (Å²) in [7, 11) is 0. The van der Waals surface area contributed by atoms with Crippen LogP contribution in [0.5, 0.6) is 0 Å². The Morgan fingerprint density at radius 2 is 1.84 bits per heavy atom. The van der Waals surface area contributed by atoms with E-state index in [2.05, 4.69) is 0 Å². The molecule has 1 aromatic rings. The van der Waals surface area contributed by atoms with Crippen LogP contribution in [0.3, 0.4) is 0 Å². The average molecular weight is 263 g/mol. The summed E-state index contributed by atoms with van der Waals surface area (Å²) in [5.41, 5.74) is -0.0997. The molecule has 19 heavy (non-hydrogen) atoms. The number of para-hydroxylation sites is 1. The molecular weight excluding hydrogens is 250 g/mol. The van der Waals surface area contributed by atoms with Crippen molar-refractivity contribution in [2.45, 2.75) is 0 Å². The molecule has 1 saturated heterocycles. The highest BCUT2D eigenvalue weighted by atomic mass is 16.6. The smallest absolute Gasteiger partial charge is 0.282 e. The van der Waals surface area contributed by atoms with Gasteiger partial charge in [-0.15, -0.1) is 0 Å². The topological polar surface area (TPSA) is 83.8 Å². The van der Waals surface area contributed by atoms with Gasteiger partial charge >= 0.3 is 0 Å². The van der Waals surface area contributed by atoms with Crippen LogP contribution in [0.1, 0.15) is 10.4 Å². The molecule has 1 aliphatic rings. The minimum absolute atomic E-state index is 0.0899. The Morgan fingerprint density at radius 1 is 1.21 bits per heavy atom. The minimum Gasteiger partial charge on any atom is -0.342 e. The van der Waals surface area contributed by atoms with Crippen molar-refractivity contribution in [3.8, 4) is 0 Å². The first kappa shape index (κ1) is 13.0. The number of nitrogens with zero attached hydrogens (tertiary/aromatic N) is 3. The Bertz CT molecular complexity index is 509. The standard InChI is InChI=1S/C12H13N3O4/c16-9-13-5-7-14(8-6-13)12(17)10-3-1-2-4-11(10)15(18)19/h1-4,9H,5-8H2. The van der Waals surface area contributed by atoms with Gasteiger partial charge in [-0.3, -0.25) is 19.7 Å². The number of rotatable bonds is 3. The van der Waals surface area contributed by atoms with E-state index in [0.29, 0.717) is 26.2 Å². The molecule has 0 aromatic heterocycles. The van der Waals surface area contributed by atoms with E-state index in [1.54, 1.807) is 11.0 Å². The zero-order valence-corrected chi connectivity index (χ0v) is 10.2. The molecule has 0 N–H and O–H groups in total. The van der Waals surface area contributed by atoms with E-state index in [1.165, 1.54) is 23.1 Å². The molecule has 2 rings (SSSR count). The SMILES string of the molecule is O=CN1CCN(C(=O)c2ccccc2[N+](=O)[O-])CC1. The van der Waals surface area contributed by atoms with Crippen LogP contribution in [0.2, 0.25) is 0 Å². The first-order chi connectivity index (χ1) is 9.13. The lowest BCUT2D eigenvalue weighted by molar-refractivity contribution is -0.385. The van der Waals surface area contributed by atoms with Crippen LogP contribution in [0.25, 0.3) is 0 Å². The molecule has 0 spiro atoms. The zero-order chi connectivity index (χ0) is 13.8. The summed E-state index contributed by atoms with van der Waals surface area (Å²) in [6, 6.07) is 5.89. The van der Waals surface area contributed by atoms with Crippen LogP contribution in [-0.2, 0) is 4.79 Å². The molecule has 0 unspecified atom stereocenters. The fraction of sp³-hybridized carbons (Fsp3) is 0.333. The molecule has 7 heteroatoms. The van der Waals surface area contributed by atoms with E-state index in [1.807, 2.05) is 0 Å². The van der Waals surface area contributed by atoms with E-state index in [9.17, 15) is 19.7 Å². The van der Waals surface area contributed by atoms with E-state index in [0.717, 1.165) is 6.41 Å². The maximum atomic E-state index is 12.2. The lowest BCUT2D eigenvalue weighted by Crippen LogP contribution is -2.48. The number of carbonyl (C=O) groups is 2. The Morgan fingerprint density at radius 3 is 2.42 bits per heavy atom. The lowest BCUT2D eigenvalue weighted by atomic mass is 10.1. The number of nitro benzene ring substituents is 1. The molecule has 0 saturated carbocycles. The molecule has 100 valence electrons. The van der Waals surface area contributed by atoms with Crippen molar-refractivity contribution in [3.05, 3.63) is 39.9 Å². The van der Waals surface area contributed by atoms with Gasteiger partial charge in [0.05, 0.1) is 4.92 Å². The minimum atomic E-state index is -0.561. The van der Waals surface area contributed by atoms with Crippen LogP contribution < -0.4 is 0 Å². The summed E-state index contributed by atoms with van der Waals surface area (Å²) < 4.78 is 0. The summed E-state index contributed by atoms with van der Waals surface area (Å²) in [5.74, 6) is -0.363. The van der Waals surface area contributed by atoms with Crippen molar-refractivity contribution in [3.63, 3.8) is 0 Å². The van der Waals surface area contributed by atoms with Gasteiger partial charge in [0.2, 0.25) is 6.41 Å². The number of carbonyl (C=O) groups excluding carboxylic acids is 2. The number of amides is 2. The van der Waals surface area contributed by atoms with Crippen molar-refractivity contribution in [1.29, 1.82) is 0 Å². The van der Waals surface area contributed by atoms with Gasteiger partial charge in [-0.1, -0.05) is 12.1 Å². The fourth-order valence-electron chi connectivity index (χ4n) is 2.01. The van der Waals surface area contributed by atoms with Gasteiger partial charge < -0.3 is 9.80 Å². The Kier molecular flexibility index (Phi) is 3.74. The fourth-order valence-corrected chi connectivity index (χ4v) is 2.01. The number of nitro groups is 1. The predicted molar refractivity (Wildman–Crippen MR) is 66.6 cm³/mol. The van der Waals surface area contributed by atoms with Gasteiger partial charge in [0, 0.05) is 32.2 Å². The highest BCUT2D eigenvalue weighted by Gasteiger charge is 2.26. The first-order valence-electron chi connectivity index (χ1n) is 5.85. The second kappa shape index (κ2) is 5.47. The van der Waals surface area contributed by atoms with E-state index in [4.69, 9.17) is 0 Å². The Hall–Kier alpha value is -2.44. The second-order valence-electron chi connectivity index (χ2n) is 4.21. The number of hydrogen-bond acceptors (Lipinski definition) is 4. The van der Waals surface area contributed by atoms with E-state index < -0.39 is 4.92 Å². The summed E-state index contributed by atoms with van der Waals surface area (Å²) in [4.78, 5) is 36.2. The van der Waals surface area contributed by atoms with Gasteiger partial charge in [-0.2, -0.15) is 0 Å². The first-order valence-corrected chi connectivity index (χ1v) is 5.85. The third-order valence-corrected chi connectivity index (χ3v) is 3.08. The largest absolute Gasteiger partial charge is 0.342 e. The van der Waals surface area contributed by atoms with Crippen LogP contribution in [0.15, 0.2) is 24.3 Å². The molecule has 0 radical (unpaired) electrons. The van der Waals surface area contributed by atoms with Gasteiger partial charge in [0.15, 0.2) is 0 Å². The van der Waals surface area contributed by atoms with Crippen LogP contribution in [-0.4, -0.2) is 53.2 Å². The highest BCUT2D eigenvalue weighted by Crippen LogP contribution is 2.20. The second-order valence-corrected chi connectivity index (χ2v) is 4.21. The van der Waals surface area contributed by atoms with E-state index >= 15 is 0 Å². The highest BCUT2D eigenvalue weighted by molar-refractivity contribution is 5.98. The summed E-state index contributed by atoms with van der Waals surface area (Å²) >= 11 is 0. The van der Waals surface area contributed by atoms with Crippen LogP contribution >= 0.6 is 0 Å². The molecule has 0 atom stereocenters. The van der Waals surface area contributed by atoms with Crippen LogP contribution in [0.4, 0.5) is 5.69 Å². The summed E-state index contributed by atoms with van der Waals surface area (Å²) in [5, 5.41) is 10.9. The van der Waals surface area contributed by atoms with Crippen molar-refractivity contribution in [2.75, 3.05) is 26.2 Å². The molecule has 7 nitrogen and oxygen atoms in total. The average Bonchev–Trinajstić information content (AvgIpc) is 2.46. The van der Waals surface area contributed by atoms with Crippen molar-refractivity contribution >= 4 is 18.0 Å². The normalized spacial score (nSPS) is 15.2. The Labute approximate surface area is 109 Å². The third-order valence-electron chi connectivity index (χ3n) is 3.08. The van der Waals surface area contributed by atoms with Crippen molar-refractivity contribution < 1.29 is 14.5 Å². The zero-order valence-electron chi connectivity index (χ0n) is 10.2. The molecule has 0 bridgehead atoms. The van der Waals surface area contributed by atoms with Gasteiger partial charge in [0.25, 0.3) is 11.6 Å². The molecule has 1 aliphatic heterocycles. The van der Waals surface area contributed by atoms with Gasteiger partial charge in [-0.25, -0.2) is 0 Å². The predicted octanol–water partition coefficient (Wildman–Crippen LogP) is 0.509. The quantitative estimate of drug-likeness (QED) is 0.452. The monoisotopic (exact) mass is 263 g/mol. The maximum absolute atomic E-state index is 12.2. The van der Waals surface area contributed by atoms with Gasteiger partial charge in [-0.05, 0) is 6.07 Å². The lowest BCUT2D eigenvalue weighted by Gasteiger charge is -2.32. The number of piperazine rings is 1. The van der Waals surface area contributed by atoms with Gasteiger partial charge in [0.1, 0.15) is 5.56 Å². The van der Waals surface area contributed by atoms with E-state index in [-0.39, 0.29) is 17.2 Å². The maximum Gasteiger partial charge on any atom is 0.282 e. The molecule has 1 aromatic carbocycles. The van der Waals surface area contributed by atoms with Crippen LogP contribution in [0, 0.1) is 10.1 Å². The summed E-state index contributed by atoms with van der Waals surface area (Å²) in [6.45, 7) is 1.69. The molecule has 1 heterocycles. The molecular formula is C12H13N3O4. The van der Waals surface area contributed by atoms with Crippen molar-refractivity contribution in [1.82, 2.24) is 9.80 Å². The molecule has 2 amide bonds. The third kappa shape index (κ3) is 2.70. The Balaban J connectivity index is 2.17. The molecule has 0 aliphatic carbocycles. The number of hydrogen-bond donors (Lipinski definition) is 0. The summed E-state index contributed by atoms with van der Waals surface area (Å²) in [6.07, 6.45) is 0.743.